The zero-order valence-electron chi connectivity index (χ0n) is 12.6. The maximum absolute atomic E-state index is 11.5. The second-order valence-electron chi connectivity index (χ2n) is 5.64. The molecule has 2 rings (SSSR count). The van der Waals surface area contributed by atoms with Crippen molar-refractivity contribution in [3.8, 4) is 0 Å². The molecule has 1 aliphatic rings. The molecule has 8 heteroatoms. The van der Waals surface area contributed by atoms with E-state index < -0.39 is 24.2 Å². The van der Waals surface area contributed by atoms with Crippen molar-refractivity contribution in [2.24, 2.45) is 0 Å². The quantitative estimate of drug-likeness (QED) is 0.486. The topological polar surface area (TPSA) is 127 Å². The molecule has 1 saturated heterocycles. The molecule has 2 heterocycles. The smallest absolute Gasteiger partial charge is 0.320 e. The van der Waals surface area contributed by atoms with E-state index in [0.29, 0.717) is 12.8 Å². The molecule has 0 aliphatic carbocycles. The van der Waals surface area contributed by atoms with Crippen LogP contribution in [-0.4, -0.2) is 56.5 Å². The summed E-state index contributed by atoms with van der Waals surface area (Å²) in [5.74, 6) is -1.39. The number of amides is 1. The van der Waals surface area contributed by atoms with Crippen molar-refractivity contribution < 1.29 is 19.8 Å². The lowest BCUT2D eigenvalue weighted by atomic mass is 9.87. The first kappa shape index (κ1) is 16.4. The highest BCUT2D eigenvalue weighted by Crippen LogP contribution is 2.32. The lowest BCUT2D eigenvalue weighted by molar-refractivity contribution is -0.139. The summed E-state index contributed by atoms with van der Waals surface area (Å²) in [6.07, 6.45) is 1.66. The normalized spacial score (nSPS) is 27.3. The Hall–Kier alpha value is -1.93. The van der Waals surface area contributed by atoms with Crippen LogP contribution < -0.4 is 10.6 Å². The number of carbonyl (C=O) groups excluding carboxylic acids is 1. The van der Waals surface area contributed by atoms with E-state index in [0.717, 1.165) is 5.69 Å². The number of hydrogen-bond acceptors (Lipinski definition) is 5. The van der Waals surface area contributed by atoms with Crippen molar-refractivity contribution in [2.75, 3.05) is 0 Å². The van der Waals surface area contributed by atoms with Crippen LogP contribution in [0.5, 0.6) is 0 Å². The number of nitrogens with one attached hydrogen (secondary N) is 3. The molecule has 0 spiro atoms. The van der Waals surface area contributed by atoms with E-state index in [1.165, 1.54) is 6.92 Å². The Morgan fingerprint density at radius 2 is 2.27 bits per heavy atom. The fraction of sp³-hybridized carbons (Fsp3) is 0.643. The molecule has 1 aliphatic heterocycles. The molecule has 8 nitrogen and oxygen atoms in total. The van der Waals surface area contributed by atoms with E-state index in [1.54, 1.807) is 12.3 Å². The van der Waals surface area contributed by atoms with Crippen molar-refractivity contribution in [1.82, 2.24) is 20.8 Å². The molecular formula is C14H22N4O4. The molecular weight excluding hydrogens is 288 g/mol. The Morgan fingerprint density at radius 1 is 1.55 bits per heavy atom. The van der Waals surface area contributed by atoms with Gasteiger partial charge in [-0.05, 0) is 18.9 Å². The highest BCUT2D eigenvalue weighted by Gasteiger charge is 2.44. The largest absolute Gasteiger partial charge is 0.480 e. The Kier molecular flexibility index (Phi) is 5.15. The number of carbonyl (C=O) groups is 2. The standard InChI is InChI=1S/C14H22N4O4/c1-3-11(20)13(16-7(2)19)12-8(9-4-5-15-18-9)6-10(17-12)14(21)22/h4-5,8,10-13,17,20H,3,6H2,1-2H3,(H,15,18)(H,16,19)(H,21,22). The Bertz CT molecular complexity index is 519. The molecule has 1 aromatic heterocycles. The number of aromatic amines is 1. The van der Waals surface area contributed by atoms with Gasteiger partial charge in [0.1, 0.15) is 6.04 Å². The van der Waals surface area contributed by atoms with Gasteiger partial charge in [0.15, 0.2) is 0 Å². The van der Waals surface area contributed by atoms with E-state index in [4.69, 9.17) is 0 Å². The second kappa shape index (κ2) is 6.89. The first-order chi connectivity index (χ1) is 10.4. The maximum atomic E-state index is 11.5. The Labute approximate surface area is 128 Å². The molecule has 122 valence electrons. The molecule has 0 saturated carbocycles. The number of aliphatic hydroxyl groups is 1. The minimum Gasteiger partial charge on any atom is -0.480 e. The molecule has 1 aromatic rings. The van der Waals surface area contributed by atoms with Crippen molar-refractivity contribution in [2.45, 2.75) is 56.8 Å². The molecule has 22 heavy (non-hydrogen) atoms. The predicted molar refractivity (Wildman–Crippen MR) is 78.2 cm³/mol. The van der Waals surface area contributed by atoms with Crippen LogP contribution in [-0.2, 0) is 9.59 Å². The molecule has 1 fully saturated rings. The number of hydrogen-bond donors (Lipinski definition) is 5. The van der Waals surface area contributed by atoms with Crippen LogP contribution in [0.1, 0.15) is 38.3 Å². The number of aliphatic carboxylic acids is 1. The Morgan fingerprint density at radius 3 is 2.77 bits per heavy atom. The maximum Gasteiger partial charge on any atom is 0.320 e. The van der Waals surface area contributed by atoms with E-state index in [2.05, 4.69) is 20.8 Å². The van der Waals surface area contributed by atoms with E-state index in [9.17, 15) is 19.8 Å². The van der Waals surface area contributed by atoms with Gasteiger partial charge in [0.25, 0.3) is 0 Å². The fourth-order valence-electron chi connectivity index (χ4n) is 3.05. The van der Waals surface area contributed by atoms with Crippen LogP contribution in [0.2, 0.25) is 0 Å². The van der Waals surface area contributed by atoms with Crippen LogP contribution in [0.4, 0.5) is 0 Å². The van der Waals surface area contributed by atoms with Gasteiger partial charge in [0, 0.05) is 30.8 Å². The van der Waals surface area contributed by atoms with E-state index >= 15 is 0 Å². The highest BCUT2D eigenvalue weighted by molar-refractivity contribution is 5.75. The fourth-order valence-corrected chi connectivity index (χ4v) is 3.05. The third kappa shape index (κ3) is 3.45. The predicted octanol–water partition coefficient (Wildman–Crippen LogP) is -0.416. The summed E-state index contributed by atoms with van der Waals surface area (Å²) in [7, 11) is 0. The number of carboxylic acids is 1. The molecule has 5 N–H and O–H groups in total. The van der Waals surface area contributed by atoms with Gasteiger partial charge >= 0.3 is 5.97 Å². The number of nitrogens with zero attached hydrogens (tertiary/aromatic N) is 1. The summed E-state index contributed by atoms with van der Waals surface area (Å²) in [4.78, 5) is 22.8. The number of aliphatic hydroxyl groups excluding tert-OH is 1. The second-order valence-corrected chi connectivity index (χ2v) is 5.64. The van der Waals surface area contributed by atoms with E-state index in [-0.39, 0.29) is 17.9 Å². The summed E-state index contributed by atoms with van der Waals surface area (Å²) < 4.78 is 0. The number of aromatic nitrogens is 2. The van der Waals surface area contributed by atoms with Gasteiger partial charge in [-0.1, -0.05) is 6.92 Å². The third-order valence-corrected chi connectivity index (χ3v) is 4.13. The molecule has 0 radical (unpaired) electrons. The number of H-pyrrole nitrogens is 1. The van der Waals surface area contributed by atoms with Gasteiger partial charge < -0.3 is 15.5 Å². The van der Waals surface area contributed by atoms with Gasteiger partial charge in [0.2, 0.25) is 5.91 Å². The minimum absolute atomic E-state index is 0.179. The van der Waals surface area contributed by atoms with Crippen molar-refractivity contribution >= 4 is 11.9 Å². The molecule has 0 aromatic carbocycles. The minimum atomic E-state index is -0.945. The SMILES string of the molecule is CCC(O)C(NC(C)=O)C1NC(C(=O)O)CC1c1ccn[nH]1. The third-order valence-electron chi connectivity index (χ3n) is 4.13. The van der Waals surface area contributed by atoms with Gasteiger partial charge in [-0.25, -0.2) is 0 Å². The van der Waals surface area contributed by atoms with Crippen LogP contribution in [0.25, 0.3) is 0 Å². The van der Waals surface area contributed by atoms with Gasteiger partial charge in [-0.2, -0.15) is 5.10 Å². The number of carboxylic acid groups (broad SMARTS) is 1. The van der Waals surface area contributed by atoms with Crippen LogP contribution in [0, 0.1) is 0 Å². The molecule has 1 amide bonds. The first-order valence-electron chi connectivity index (χ1n) is 7.37. The van der Waals surface area contributed by atoms with Crippen LogP contribution in [0.15, 0.2) is 12.3 Å². The molecule has 0 bridgehead atoms. The van der Waals surface area contributed by atoms with E-state index in [1.807, 2.05) is 6.92 Å². The van der Waals surface area contributed by atoms with Gasteiger partial charge in [-0.15, -0.1) is 0 Å². The number of rotatable bonds is 6. The zero-order chi connectivity index (χ0) is 16.3. The lowest BCUT2D eigenvalue weighted by Crippen LogP contribution is -2.56. The van der Waals surface area contributed by atoms with Crippen LogP contribution in [0.3, 0.4) is 0 Å². The highest BCUT2D eigenvalue weighted by atomic mass is 16.4. The summed E-state index contributed by atoms with van der Waals surface area (Å²) in [6, 6.07) is 0.103. The van der Waals surface area contributed by atoms with Crippen molar-refractivity contribution in [3.05, 3.63) is 18.0 Å². The first-order valence-corrected chi connectivity index (χ1v) is 7.37. The monoisotopic (exact) mass is 310 g/mol. The average molecular weight is 310 g/mol. The van der Waals surface area contributed by atoms with Gasteiger partial charge in [-0.3, -0.25) is 20.0 Å². The van der Waals surface area contributed by atoms with Crippen molar-refractivity contribution in [3.63, 3.8) is 0 Å². The summed E-state index contributed by atoms with van der Waals surface area (Å²) >= 11 is 0. The molecule has 5 atom stereocenters. The van der Waals surface area contributed by atoms with Gasteiger partial charge in [0.05, 0.1) is 12.1 Å². The summed E-state index contributed by atoms with van der Waals surface area (Å²) in [5, 5.41) is 32.0. The van der Waals surface area contributed by atoms with Crippen LogP contribution >= 0.6 is 0 Å². The zero-order valence-corrected chi connectivity index (χ0v) is 12.6. The summed E-state index contributed by atoms with van der Waals surface area (Å²) in [5.41, 5.74) is 0.792. The Balaban J connectivity index is 2.29. The van der Waals surface area contributed by atoms with Crippen molar-refractivity contribution in [1.29, 1.82) is 0 Å². The lowest BCUT2D eigenvalue weighted by Gasteiger charge is -2.32. The molecule has 5 unspecified atom stereocenters. The summed E-state index contributed by atoms with van der Waals surface area (Å²) in [6.45, 7) is 3.19. The average Bonchev–Trinajstić information content (AvgIpc) is 3.11.